The van der Waals surface area contributed by atoms with Crippen molar-refractivity contribution in [1.82, 2.24) is 9.80 Å². The van der Waals surface area contributed by atoms with Gasteiger partial charge in [-0.3, -0.25) is 4.79 Å². The minimum absolute atomic E-state index is 0.149. The summed E-state index contributed by atoms with van der Waals surface area (Å²) in [6.07, 6.45) is -1.08. The monoisotopic (exact) mass is 314 g/mol. The van der Waals surface area contributed by atoms with Crippen LogP contribution in [0.4, 0.5) is 13.2 Å². The van der Waals surface area contributed by atoms with Gasteiger partial charge in [0.15, 0.2) is 0 Å². The number of hydrogen-bond acceptors (Lipinski definition) is 2. The molecule has 0 bridgehead atoms. The van der Waals surface area contributed by atoms with Crippen LogP contribution in [0.25, 0.3) is 0 Å². The predicted octanol–water partition coefficient (Wildman–Crippen LogP) is 3.17. The van der Waals surface area contributed by atoms with E-state index in [4.69, 9.17) is 0 Å². The summed E-state index contributed by atoms with van der Waals surface area (Å²) in [4.78, 5) is 15.5. The van der Waals surface area contributed by atoms with Crippen LogP contribution in [-0.4, -0.2) is 42.9 Å². The number of rotatable bonds is 6. The molecule has 0 aliphatic carbocycles. The third-order valence-electron chi connectivity index (χ3n) is 3.08. The van der Waals surface area contributed by atoms with Gasteiger partial charge < -0.3 is 9.80 Å². The van der Waals surface area contributed by atoms with Gasteiger partial charge in [0.1, 0.15) is 0 Å². The summed E-state index contributed by atoms with van der Waals surface area (Å²) in [5.74, 6) is -0.149. The Bertz CT molecular complexity index is 507. The van der Waals surface area contributed by atoms with E-state index in [1.54, 1.807) is 11.0 Å². The first-order chi connectivity index (χ1) is 10.2. The molecule has 0 radical (unpaired) electrons. The topological polar surface area (TPSA) is 23.6 Å². The van der Waals surface area contributed by atoms with E-state index in [0.29, 0.717) is 25.2 Å². The molecule has 0 saturated heterocycles. The van der Waals surface area contributed by atoms with E-state index in [-0.39, 0.29) is 5.91 Å². The molecule has 0 unspecified atom stereocenters. The van der Waals surface area contributed by atoms with E-state index >= 15 is 0 Å². The highest BCUT2D eigenvalue weighted by Crippen LogP contribution is 2.29. The Morgan fingerprint density at radius 2 is 1.77 bits per heavy atom. The smallest absolute Gasteiger partial charge is 0.335 e. The number of benzene rings is 1. The standard InChI is InChI=1S/C16H21F3N2O/c1-4-21(15(22)6-5-11-20(2)3)12-13-7-9-14(10-8-13)16(17,18)19/h5-10H,4,11-12H2,1-3H3/b6-5+. The first kappa shape index (κ1) is 18.2. The molecule has 0 atom stereocenters. The second kappa shape index (κ2) is 7.98. The molecule has 0 aromatic heterocycles. The van der Waals surface area contributed by atoms with Gasteiger partial charge in [0.05, 0.1) is 5.56 Å². The van der Waals surface area contributed by atoms with Crippen molar-refractivity contribution < 1.29 is 18.0 Å². The summed E-state index contributed by atoms with van der Waals surface area (Å²) in [5.41, 5.74) is -0.0132. The van der Waals surface area contributed by atoms with Crippen LogP contribution in [0, 0.1) is 0 Å². The molecular weight excluding hydrogens is 293 g/mol. The molecule has 0 fully saturated rings. The minimum Gasteiger partial charge on any atom is -0.335 e. The molecule has 3 nitrogen and oxygen atoms in total. The molecule has 122 valence electrons. The molecule has 1 rings (SSSR count). The summed E-state index contributed by atoms with van der Waals surface area (Å²) >= 11 is 0. The first-order valence-corrected chi connectivity index (χ1v) is 7.00. The van der Waals surface area contributed by atoms with E-state index in [9.17, 15) is 18.0 Å². The minimum atomic E-state index is -4.34. The van der Waals surface area contributed by atoms with Crippen molar-refractivity contribution in [3.05, 3.63) is 47.5 Å². The van der Waals surface area contributed by atoms with Gasteiger partial charge in [-0.1, -0.05) is 18.2 Å². The fourth-order valence-corrected chi connectivity index (χ4v) is 1.83. The van der Waals surface area contributed by atoms with Crippen molar-refractivity contribution >= 4 is 5.91 Å². The molecule has 0 spiro atoms. The average molecular weight is 314 g/mol. The van der Waals surface area contributed by atoms with Crippen molar-refractivity contribution in [2.75, 3.05) is 27.2 Å². The molecule has 0 aliphatic rings. The second-order valence-corrected chi connectivity index (χ2v) is 5.21. The maximum Gasteiger partial charge on any atom is 0.416 e. The molecule has 6 heteroatoms. The molecule has 0 N–H and O–H groups in total. The van der Waals surface area contributed by atoms with Gasteiger partial charge in [-0.05, 0) is 38.7 Å². The van der Waals surface area contributed by atoms with Crippen molar-refractivity contribution in [3.8, 4) is 0 Å². The molecule has 1 aromatic rings. The van der Waals surface area contributed by atoms with E-state index in [0.717, 1.165) is 12.1 Å². The number of carbonyl (C=O) groups is 1. The number of likely N-dealkylation sites (N-methyl/N-ethyl adjacent to an activating group) is 2. The first-order valence-electron chi connectivity index (χ1n) is 7.00. The van der Waals surface area contributed by atoms with Crippen molar-refractivity contribution in [1.29, 1.82) is 0 Å². The summed E-state index contributed by atoms with van der Waals surface area (Å²) < 4.78 is 37.5. The van der Waals surface area contributed by atoms with Gasteiger partial charge in [-0.25, -0.2) is 0 Å². The molecule has 0 heterocycles. The zero-order chi connectivity index (χ0) is 16.8. The number of carbonyl (C=O) groups excluding carboxylic acids is 1. The lowest BCUT2D eigenvalue weighted by Crippen LogP contribution is -2.29. The highest BCUT2D eigenvalue weighted by Gasteiger charge is 2.29. The fraction of sp³-hybridized carbons (Fsp3) is 0.438. The Morgan fingerprint density at radius 1 is 1.18 bits per heavy atom. The van der Waals surface area contributed by atoms with E-state index < -0.39 is 11.7 Å². The van der Waals surface area contributed by atoms with Gasteiger partial charge in [-0.2, -0.15) is 13.2 Å². The molecule has 1 amide bonds. The molecule has 0 saturated carbocycles. The largest absolute Gasteiger partial charge is 0.416 e. The lowest BCUT2D eigenvalue weighted by Gasteiger charge is -2.19. The van der Waals surface area contributed by atoms with Crippen LogP contribution >= 0.6 is 0 Å². The third kappa shape index (κ3) is 5.89. The highest BCUT2D eigenvalue weighted by atomic mass is 19.4. The molecule has 0 aliphatic heterocycles. The summed E-state index contributed by atoms with van der Waals surface area (Å²) in [6.45, 7) is 3.28. The Hall–Kier alpha value is -1.82. The Morgan fingerprint density at radius 3 is 2.23 bits per heavy atom. The number of hydrogen-bond donors (Lipinski definition) is 0. The van der Waals surface area contributed by atoms with Gasteiger partial charge in [0.2, 0.25) is 5.91 Å². The van der Waals surface area contributed by atoms with Crippen LogP contribution in [0.3, 0.4) is 0 Å². The SMILES string of the molecule is CCN(Cc1ccc(C(F)(F)F)cc1)C(=O)/C=C/CN(C)C. The van der Waals surface area contributed by atoms with Gasteiger partial charge in [0, 0.05) is 25.7 Å². The summed E-state index contributed by atoms with van der Waals surface area (Å²) in [7, 11) is 3.79. The van der Waals surface area contributed by atoms with Gasteiger partial charge in [0.25, 0.3) is 0 Å². The number of amides is 1. The zero-order valence-corrected chi connectivity index (χ0v) is 13.0. The highest BCUT2D eigenvalue weighted by molar-refractivity contribution is 5.87. The van der Waals surface area contributed by atoms with Gasteiger partial charge in [-0.15, -0.1) is 0 Å². The van der Waals surface area contributed by atoms with Crippen LogP contribution in [0.1, 0.15) is 18.1 Å². The molecular formula is C16H21F3N2O. The molecule has 1 aromatic carbocycles. The normalized spacial score (nSPS) is 12.1. The lowest BCUT2D eigenvalue weighted by atomic mass is 10.1. The fourth-order valence-electron chi connectivity index (χ4n) is 1.83. The number of nitrogens with zero attached hydrogens (tertiary/aromatic N) is 2. The van der Waals surface area contributed by atoms with Crippen molar-refractivity contribution in [2.24, 2.45) is 0 Å². The van der Waals surface area contributed by atoms with Crippen molar-refractivity contribution in [3.63, 3.8) is 0 Å². The lowest BCUT2D eigenvalue weighted by molar-refractivity contribution is -0.137. The van der Waals surface area contributed by atoms with Crippen LogP contribution in [-0.2, 0) is 17.5 Å². The van der Waals surface area contributed by atoms with Crippen LogP contribution in [0.15, 0.2) is 36.4 Å². The van der Waals surface area contributed by atoms with Crippen LogP contribution < -0.4 is 0 Å². The second-order valence-electron chi connectivity index (χ2n) is 5.21. The van der Waals surface area contributed by atoms with E-state index in [2.05, 4.69) is 0 Å². The van der Waals surface area contributed by atoms with E-state index in [1.807, 2.05) is 25.9 Å². The zero-order valence-electron chi connectivity index (χ0n) is 13.0. The van der Waals surface area contributed by atoms with Crippen LogP contribution in [0.2, 0.25) is 0 Å². The van der Waals surface area contributed by atoms with Crippen LogP contribution in [0.5, 0.6) is 0 Å². The third-order valence-corrected chi connectivity index (χ3v) is 3.08. The predicted molar refractivity (Wildman–Crippen MR) is 80.2 cm³/mol. The van der Waals surface area contributed by atoms with Crippen molar-refractivity contribution in [2.45, 2.75) is 19.6 Å². The van der Waals surface area contributed by atoms with E-state index in [1.165, 1.54) is 18.2 Å². The average Bonchev–Trinajstić information content (AvgIpc) is 2.43. The summed E-state index contributed by atoms with van der Waals surface area (Å²) in [5, 5.41) is 0. The molecule has 22 heavy (non-hydrogen) atoms. The Labute approximate surface area is 129 Å². The maximum atomic E-state index is 12.5. The summed E-state index contributed by atoms with van der Waals surface area (Å²) in [6, 6.07) is 4.88. The maximum absolute atomic E-state index is 12.5. The quantitative estimate of drug-likeness (QED) is 0.753. The number of halogens is 3. The Kier molecular flexibility index (Phi) is 6.61. The van der Waals surface area contributed by atoms with Gasteiger partial charge >= 0.3 is 6.18 Å². The number of alkyl halides is 3. The Balaban J connectivity index is 2.70.